The van der Waals surface area contributed by atoms with E-state index in [0.29, 0.717) is 22.2 Å². The van der Waals surface area contributed by atoms with E-state index in [-0.39, 0.29) is 12.4 Å². The molecular formula is C16H13BrF3N5O2. The maximum Gasteiger partial charge on any atom is 0.433 e. The van der Waals surface area contributed by atoms with Crippen molar-refractivity contribution in [1.29, 1.82) is 0 Å². The van der Waals surface area contributed by atoms with Crippen molar-refractivity contribution < 1.29 is 22.7 Å². The van der Waals surface area contributed by atoms with Crippen LogP contribution in [0.3, 0.4) is 0 Å². The van der Waals surface area contributed by atoms with E-state index in [1.807, 2.05) is 12.1 Å². The van der Waals surface area contributed by atoms with Crippen LogP contribution in [0, 0.1) is 0 Å². The number of carbonyl (C=O) groups excluding carboxylic acids is 1. The number of aromatic nitrogens is 4. The van der Waals surface area contributed by atoms with Crippen LogP contribution in [0.25, 0.3) is 0 Å². The number of nitrogens with one attached hydrogen (secondary N) is 1. The zero-order valence-corrected chi connectivity index (χ0v) is 15.5. The molecule has 0 saturated heterocycles. The Bertz CT molecular complexity index is 950. The molecule has 7 nitrogen and oxygen atoms in total. The van der Waals surface area contributed by atoms with Crippen molar-refractivity contribution in [1.82, 2.24) is 19.6 Å². The molecule has 0 atom stereocenters. The van der Waals surface area contributed by atoms with Crippen LogP contribution in [-0.2, 0) is 20.0 Å². The second-order valence-corrected chi connectivity index (χ2v) is 6.40. The zero-order chi connectivity index (χ0) is 19.6. The maximum atomic E-state index is 12.8. The molecule has 1 aromatic carbocycles. The van der Waals surface area contributed by atoms with Gasteiger partial charge in [0.25, 0.3) is 5.91 Å². The number of hydrogen-bond donors (Lipinski definition) is 1. The quantitative estimate of drug-likeness (QED) is 0.652. The van der Waals surface area contributed by atoms with E-state index in [2.05, 4.69) is 31.4 Å². The van der Waals surface area contributed by atoms with Crippen LogP contribution in [0.1, 0.15) is 16.2 Å². The molecule has 0 spiro atoms. The molecule has 0 unspecified atom stereocenters. The van der Waals surface area contributed by atoms with E-state index < -0.39 is 17.8 Å². The predicted molar refractivity (Wildman–Crippen MR) is 93.2 cm³/mol. The lowest BCUT2D eigenvalue weighted by atomic mass is 10.3. The summed E-state index contributed by atoms with van der Waals surface area (Å²) in [5.41, 5.74) is -1.05. The van der Waals surface area contributed by atoms with E-state index in [9.17, 15) is 18.0 Å². The van der Waals surface area contributed by atoms with Crippen molar-refractivity contribution >= 4 is 27.5 Å². The Morgan fingerprint density at radius 2 is 2.00 bits per heavy atom. The summed E-state index contributed by atoms with van der Waals surface area (Å²) in [6.07, 6.45) is -1.74. The Kier molecular flexibility index (Phi) is 5.22. The average molecular weight is 444 g/mol. The van der Waals surface area contributed by atoms with Crippen molar-refractivity contribution in [2.45, 2.75) is 12.9 Å². The van der Waals surface area contributed by atoms with E-state index in [1.54, 1.807) is 12.1 Å². The summed E-state index contributed by atoms with van der Waals surface area (Å²) in [6.45, 7) is 0.0965. The van der Waals surface area contributed by atoms with Gasteiger partial charge in [0.2, 0.25) is 0 Å². The summed E-state index contributed by atoms with van der Waals surface area (Å²) < 4.78 is 46.8. The predicted octanol–water partition coefficient (Wildman–Crippen LogP) is 3.69. The van der Waals surface area contributed by atoms with Crippen molar-refractivity contribution in [3.05, 3.63) is 58.6 Å². The Labute approximate surface area is 159 Å². The van der Waals surface area contributed by atoms with Gasteiger partial charge in [-0.05, 0) is 24.3 Å². The van der Waals surface area contributed by atoms with Gasteiger partial charge in [-0.15, -0.1) is 0 Å². The Morgan fingerprint density at radius 1 is 1.30 bits per heavy atom. The second kappa shape index (κ2) is 7.43. The molecule has 0 aliphatic rings. The van der Waals surface area contributed by atoms with Crippen molar-refractivity contribution in [2.24, 2.45) is 7.05 Å². The SMILES string of the molecule is Cn1nc(C(=O)Nc2cnn(COc3ccc(Br)cc3)c2)cc1C(F)(F)F. The largest absolute Gasteiger partial charge is 0.471 e. The molecule has 0 aliphatic carbocycles. The third kappa shape index (κ3) is 4.67. The van der Waals surface area contributed by atoms with Crippen LogP contribution in [0.5, 0.6) is 5.75 Å². The van der Waals surface area contributed by atoms with Gasteiger partial charge in [-0.25, -0.2) is 4.68 Å². The van der Waals surface area contributed by atoms with Crippen LogP contribution in [0.2, 0.25) is 0 Å². The number of amides is 1. The smallest absolute Gasteiger partial charge is 0.433 e. The minimum Gasteiger partial charge on any atom is -0.471 e. The van der Waals surface area contributed by atoms with Crippen molar-refractivity contribution in [3.63, 3.8) is 0 Å². The summed E-state index contributed by atoms with van der Waals surface area (Å²) in [7, 11) is 1.12. The van der Waals surface area contributed by atoms with E-state index in [0.717, 1.165) is 11.5 Å². The molecule has 1 amide bonds. The Morgan fingerprint density at radius 3 is 2.63 bits per heavy atom. The Balaban J connectivity index is 1.62. The van der Waals surface area contributed by atoms with E-state index in [4.69, 9.17) is 4.74 Å². The molecule has 0 fully saturated rings. The van der Waals surface area contributed by atoms with Gasteiger partial charge in [0.1, 0.15) is 11.4 Å². The zero-order valence-electron chi connectivity index (χ0n) is 13.9. The second-order valence-electron chi connectivity index (χ2n) is 5.49. The maximum absolute atomic E-state index is 12.8. The van der Waals surface area contributed by atoms with Gasteiger partial charge < -0.3 is 10.1 Å². The fourth-order valence-electron chi connectivity index (χ4n) is 2.21. The first-order valence-electron chi connectivity index (χ1n) is 7.56. The van der Waals surface area contributed by atoms with E-state index in [1.165, 1.54) is 17.1 Å². The Hall–Kier alpha value is -2.82. The molecule has 0 saturated carbocycles. The highest BCUT2D eigenvalue weighted by atomic mass is 79.9. The molecule has 0 radical (unpaired) electrons. The summed E-state index contributed by atoms with van der Waals surface area (Å²) in [6, 6.07) is 7.89. The van der Waals surface area contributed by atoms with Crippen LogP contribution >= 0.6 is 15.9 Å². The third-order valence-corrected chi connectivity index (χ3v) is 4.00. The minimum absolute atomic E-state index is 0.0965. The molecular weight excluding hydrogens is 431 g/mol. The van der Waals surface area contributed by atoms with Crippen LogP contribution in [-0.4, -0.2) is 25.5 Å². The van der Waals surface area contributed by atoms with Gasteiger partial charge in [-0.1, -0.05) is 15.9 Å². The molecule has 11 heteroatoms. The van der Waals surface area contributed by atoms with Gasteiger partial charge in [-0.2, -0.15) is 23.4 Å². The molecule has 3 rings (SSSR count). The first-order valence-corrected chi connectivity index (χ1v) is 8.35. The molecule has 2 aromatic heterocycles. The number of halogens is 4. The lowest BCUT2D eigenvalue weighted by molar-refractivity contribution is -0.143. The summed E-state index contributed by atoms with van der Waals surface area (Å²) in [5.74, 6) is -0.137. The molecule has 142 valence electrons. The van der Waals surface area contributed by atoms with Gasteiger partial charge in [0.05, 0.1) is 18.1 Å². The minimum atomic E-state index is -4.59. The van der Waals surface area contributed by atoms with Crippen LogP contribution < -0.4 is 10.1 Å². The third-order valence-electron chi connectivity index (χ3n) is 3.47. The van der Waals surface area contributed by atoms with Gasteiger partial charge in [-0.3, -0.25) is 9.48 Å². The number of hydrogen-bond acceptors (Lipinski definition) is 4. The molecule has 27 heavy (non-hydrogen) atoms. The number of anilines is 1. The summed E-state index contributed by atoms with van der Waals surface area (Å²) in [5, 5.41) is 10.1. The van der Waals surface area contributed by atoms with Gasteiger partial charge in [0.15, 0.2) is 12.4 Å². The highest BCUT2D eigenvalue weighted by Gasteiger charge is 2.35. The topological polar surface area (TPSA) is 74.0 Å². The number of aryl methyl sites for hydroxylation is 1. The lowest BCUT2D eigenvalue weighted by Gasteiger charge is -2.05. The van der Waals surface area contributed by atoms with Crippen LogP contribution in [0.15, 0.2) is 47.2 Å². The number of benzene rings is 1. The van der Waals surface area contributed by atoms with Crippen molar-refractivity contribution in [3.8, 4) is 5.75 Å². The van der Waals surface area contributed by atoms with Gasteiger partial charge in [0, 0.05) is 17.6 Å². The lowest BCUT2D eigenvalue weighted by Crippen LogP contribution is -2.13. The number of ether oxygens (including phenoxy) is 1. The number of rotatable bonds is 5. The molecule has 2 heterocycles. The first kappa shape index (κ1) is 19.0. The number of carbonyl (C=O) groups is 1. The first-order chi connectivity index (χ1) is 12.7. The van der Waals surface area contributed by atoms with Gasteiger partial charge >= 0.3 is 6.18 Å². The monoisotopic (exact) mass is 443 g/mol. The van der Waals surface area contributed by atoms with E-state index >= 15 is 0 Å². The number of nitrogens with zero attached hydrogens (tertiary/aromatic N) is 4. The highest BCUT2D eigenvalue weighted by molar-refractivity contribution is 9.10. The highest BCUT2D eigenvalue weighted by Crippen LogP contribution is 2.29. The molecule has 1 N–H and O–H groups in total. The fourth-order valence-corrected chi connectivity index (χ4v) is 2.47. The standard InChI is InChI=1S/C16H13BrF3N5O2/c1-24-14(16(18,19)20)6-13(23-24)15(26)22-11-7-21-25(8-11)9-27-12-4-2-10(17)3-5-12/h2-8H,9H2,1H3,(H,22,26). The summed E-state index contributed by atoms with van der Waals surface area (Å²) >= 11 is 3.32. The van der Waals surface area contributed by atoms with Crippen LogP contribution in [0.4, 0.5) is 18.9 Å². The number of alkyl halides is 3. The molecule has 0 aliphatic heterocycles. The summed E-state index contributed by atoms with van der Waals surface area (Å²) in [4.78, 5) is 12.1. The molecule has 3 aromatic rings. The van der Waals surface area contributed by atoms with Crippen molar-refractivity contribution in [2.75, 3.05) is 5.32 Å². The normalized spacial score (nSPS) is 11.4. The molecule has 0 bridgehead atoms. The fraction of sp³-hybridized carbons (Fsp3) is 0.188. The average Bonchev–Trinajstić information content (AvgIpc) is 3.20.